The van der Waals surface area contributed by atoms with Crippen molar-refractivity contribution in [3.63, 3.8) is 0 Å². The van der Waals surface area contributed by atoms with Gasteiger partial charge in [-0.3, -0.25) is 9.59 Å². The van der Waals surface area contributed by atoms with E-state index < -0.39 is 0 Å². The number of rotatable bonds is 6. The number of amides is 1. The maximum atomic E-state index is 12.4. The van der Waals surface area contributed by atoms with Crippen LogP contribution in [0.15, 0.2) is 24.3 Å². The van der Waals surface area contributed by atoms with E-state index in [1.54, 1.807) is 12.0 Å². The van der Waals surface area contributed by atoms with Gasteiger partial charge in [-0.2, -0.15) is 0 Å². The summed E-state index contributed by atoms with van der Waals surface area (Å²) in [5.41, 5.74) is 1.05. The Morgan fingerprint density at radius 1 is 1.07 bits per heavy atom. The fraction of sp³-hybridized carbons (Fsp3) is 0.636. The molecule has 1 aliphatic heterocycles. The molecular weight excluding hydrogens is 356 g/mol. The molecule has 28 heavy (non-hydrogen) atoms. The zero-order valence-corrected chi connectivity index (χ0v) is 16.6. The van der Waals surface area contributed by atoms with Crippen molar-refractivity contribution in [3.8, 4) is 5.75 Å². The van der Waals surface area contributed by atoms with E-state index in [1.807, 2.05) is 24.3 Å². The highest BCUT2D eigenvalue weighted by Gasteiger charge is 2.40. The summed E-state index contributed by atoms with van der Waals surface area (Å²) in [6, 6.07) is 7.92. The van der Waals surface area contributed by atoms with Crippen molar-refractivity contribution in [2.45, 2.75) is 32.1 Å². The first-order chi connectivity index (χ1) is 13.6. The summed E-state index contributed by atoms with van der Waals surface area (Å²) >= 11 is 0. The van der Waals surface area contributed by atoms with E-state index >= 15 is 0 Å². The van der Waals surface area contributed by atoms with E-state index in [0.717, 1.165) is 30.4 Å². The van der Waals surface area contributed by atoms with E-state index in [1.165, 1.54) is 25.7 Å². The quantitative estimate of drug-likeness (QED) is 0.704. The number of hydrogen-bond donors (Lipinski definition) is 0. The van der Waals surface area contributed by atoms with E-state index in [0.29, 0.717) is 31.3 Å². The Bertz CT molecular complexity index is 714. The van der Waals surface area contributed by atoms with Gasteiger partial charge < -0.3 is 19.3 Å². The number of anilines is 1. The predicted molar refractivity (Wildman–Crippen MR) is 106 cm³/mol. The normalized spacial score (nSPS) is 26.4. The lowest BCUT2D eigenvalue weighted by Gasteiger charge is -2.36. The minimum absolute atomic E-state index is 0.0963. The maximum absolute atomic E-state index is 12.4. The molecule has 4 rings (SSSR count). The fourth-order valence-corrected chi connectivity index (χ4v) is 5.22. The molecular formula is C22H30N2O4. The summed E-state index contributed by atoms with van der Waals surface area (Å²) < 4.78 is 10.7. The number of ether oxygens (including phenoxy) is 2. The fourth-order valence-electron chi connectivity index (χ4n) is 5.22. The van der Waals surface area contributed by atoms with Crippen molar-refractivity contribution in [2.24, 2.45) is 17.8 Å². The molecule has 0 unspecified atom stereocenters. The van der Waals surface area contributed by atoms with Crippen molar-refractivity contribution < 1.29 is 19.1 Å². The zero-order chi connectivity index (χ0) is 19.5. The second-order valence-electron chi connectivity index (χ2n) is 8.34. The van der Waals surface area contributed by atoms with Gasteiger partial charge in [-0.15, -0.1) is 0 Å². The van der Waals surface area contributed by atoms with Gasteiger partial charge in [-0.05, 0) is 49.1 Å². The van der Waals surface area contributed by atoms with Crippen LogP contribution >= 0.6 is 0 Å². The van der Waals surface area contributed by atoms with Gasteiger partial charge in [0.05, 0.1) is 12.8 Å². The highest BCUT2D eigenvalue weighted by Crippen LogP contribution is 2.49. The minimum atomic E-state index is -0.210. The minimum Gasteiger partial charge on any atom is -0.495 e. The highest BCUT2D eigenvalue weighted by molar-refractivity contribution is 5.81. The number of para-hydroxylation sites is 2. The zero-order valence-electron chi connectivity index (χ0n) is 16.6. The van der Waals surface area contributed by atoms with Crippen LogP contribution in [-0.4, -0.2) is 56.7 Å². The number of fused-ring (bicyclic) bond motifs is 2. The number of carbonyl (C=O) groups is 2. The molecule has 3 fully saturated rings. The van der Waals surface area contributed by atoms with E-state index in [4.69, 9.17) is 9.47 Å². The number of nitrogens with zero attached hydrogens (tertiary/aromatic N) is 2. The lowest BCUT2D eigenvalue weighted by atomic mass is 9.86. The molecule has 1 heterocycles. The van der Waals surface area contributed by atoms with E-state index in [2.05, 4.69) is 4.90 Å². The number of esters is 1. The molecule has 2 aliphatic carbocycles. The monoisotopic (exact) mass is 386 g/mol. The van der Waals surface area contributed by atoms with Crippen LogP contribution in [0.2, 0.25) is 0 Å². The summed E-state index contributed by atoms with van der Waals surface area (Å²) in [5, 5.41) is 0. The van der Waals surface area contributed by atoms with E-state index in [-0.39, 0.29) is 18.5 Å². The average Bonchev–Trinajstić information content (AvgIpc) is 3.35. The molecule has 6 nitrogen and oxygen atoms in total. The first-order valence-electron chi connectivity index (χ1n) is 10.5. The summed E-state index contributed by atoms with van der Waals surface area (Å²) in [6.45, 7) is 2.60. The van der Waals surface area contributed by atoms with Crippen molar-refractivity contribution in [3.05, 3.63) is 24.3 Å². The lowest BCUT2D eigenvalue weighted by Crippen LogP contribution is -2.50. The summed E-state index contributed by atoms with van der Waals surface area (Å²) in [5.74, 6) is 2.54. The van der Waals surface area contributed by atoms with Gasteiger partial charge in [0.1, 0.15) is 5.75 Å². The molecule has 0 aromatic heterocycles. The largest absolute Gasteiger partial charge is 0.495 e. The number of benzene rings is 1. The second kappa shape index (κ2) is 8.41. The van der Waals surface area contributed by atoms with E-state index in [9.17, 15) is 9.59 Å². The Morgan fingerprint density at radius 2 is 1.86 bits per heavy atom. The Kier molecular flexibility index (Phi) is 5.74. The topological polar surface area (TPSA) is 59.1 Å². The Balaban J connectivity index is 1.20. The molecule has 6 heteroatoms. The average molecular weight is 386 g/mol. The number of carbonyl (C=O) groups excluding carboxylic acids is 2. The molecule has 2 bridgehead atoms. The van der Waals surface area contributed by atoms with Crippen LogP contribution in [-0.2, 0) is 14.3 Å². The van der Waals surface area contributed by atoms with Crippen molar-refractivity contribution in [2.75, 3.05) is 44.8 Å². The van der Waals surface area contributed by atoms with Crippen molar-refractivity contribution in [1.29, 1.82) is 0 Å². The Morgan fingerprint density at radius 3 is 2.54 bits per heavy atom. The molecule has 1 aromatic carbocycles. The van der Waals surface area contributed by atoms with Crippen LogP contribution in [0.5, 0.6) is 5.75 Å². The first-order valence-corrected chi connectivity index (χ1v) is 10.5. The maximum Gasteiger partial charge on any atom is 0.306 e. The van der Waals surface area contributed by atoms with Crippen LogP contribution in [0.25, 0.3) is 0 Å². The first kappa shape index (κ1) is 19.1. The van der Waals surface area contributed by atoms with Crippen molar-refractivity contribution >= 4 is 17.6 Å². The van der Waals surface area contributed by atoms with Gasteiger partial charge in [0, 0.05) is 32.6 Å². The molecule has 152 valence electrons. The number of piperazine rings is 1. The SMILES string of the molecule is COc1ccccc1N1CCN(C(=O)COC(=O)C[C@@H]2C[C@H]3CC[C@@H]2C3)CC1. The van der Waals surface area contributed by atoms with Crippen LogP contribution in [0.4, 0.5) is 5.69 Å². The lowest BCUT2D eigenvalue weighted by molar-refractivity contribution is -0.153. The summed E-state index contributed by atoms with van der Waals surface area (Å²) in [4.78, 5) is 28.6. The highest BCUT2D eigenvalue weighted by atomic mass is 16.5. The molecule has 0 N–H and O–H groups in total. The van der Waals surface area contributed by atoms with Crippen LogP contribution in [0.3, 0.4) is 0 Å². The Hall–Kier alpha value is -2.24. The predicted octanol–water partition coefficient (Wildman–Crippen LogP) is 2.71. The summed E-state index contributed by atoms with van der Waals surface area (Å²) in [7, 11) is 1.67. The van der Waals surface area contributed by atoms with Crippen LogP contribution < -0.4 is 9.64 Å². The Labute approximate surface area is 166 Å². The smallest absolute Gasteiger partial charge is 0.306 e. The number of methoxy groups -OCH3 is 1. The van der Waals surface area contributed by atoms with Gasteiger partial charge in [-0.25, -0.2) is 0 Å². The van der Waals surface area contributed by atoms with Gasteiger partial charge in [0.25, 0.3) is 5.91 Å². The molecule has 1 aromatic rings. The molecule has 3 atom stereocenters. The molecule has 1 saturated heterocycles. The summed E-state index contributed by atoms with van der Waals surface area (Å²) in [6.07, 6.45) is 5.52. The molecule has 3 aliphatic rings. The molecule has 0 spiro atoms. The van der Waals surface area contributed by atoms with Gasteiger partial charge >= 0.3 is 5.97 Å². The standard InChI is InChI=1S/C22H30N2O4/c1-27-20-5-3-2-4-19(20)23-8-10-24(11-9-23)21(25)15-28-22(26)14-18-13-16-6-7-17(18)12-16/h2-5,16-18H,6-15H2,1H3/t16-,17+,18-/m0/s1. The van der Waals surface area contributed by atoms with Gasteiger partial charge in [0.2, 0.25) is 0 Å². The molecule has 0 radical (unpaired) electrons. The van der Waals surface area contributed by atoms with Crippen molar-refractivity contribution in [1.82, 2.24) is 4.90 Å². The number of hydrogen-bond acceptors (Lipinski definition) is 5. The van der Waals surface area contributed by atoms with Crippen LogP contribution in [0, 0.1) is 17.8 Å². The second-order valence-corrected chi connectivity index (χ2v) is 8.34. The molecule has 2 saturated carbocycles. The third kappa shape index (κ3) is 4.10. The third-order valence-corrected chi connectivity index (χ3v) is 6.73. The van der Waals surface area contributed by atoms with Crippen LogP contribution in [0.1, 0.15) is 32.1 Å². The third-order valence-electron chi connectivity index (χ3n) is 6.73. The molecule has 1 amide bonds. The van der Waals surface area contributed by atoms with Gasteiger partial charge in [0.15, 0.2) is 6.61 Å². The van der Waals surface area contributed by atoms with Gasteiger partial charge in [-0.1, -0.05) is 18.6 Å².